The summed E-state index contributed by atoms with van der Waals surface area (Å²) in [6.07, 6.45) is 6.22. The quantitative estimate of drug-likeness (QED) is 0.395. The number of nitrogens with one attached hydrogen (secondary N) is 2. The smallest absolute Gasteiger partial charge is 0.265 e. The van der Waals surface area contributed by atoms with Crippen molar-refractivity contribution in [1.29, 1.82) is 5.26 Å². The van der Waals surface area contributed by atoms with Gasteiger partial charge in [-0.15, -0.1) is 6.42 Å². The summed E-state index contributed by atoms with van der Waals surface area (Å²) in [5.74, 6) is 3.59. The standard InChI is InChI=1S/C18H17FN4O2S.C9H13ClN6/c1-4-5-22-13-7-12(11(19)6-14(13)25-9-16(22)24)20-17-23-10-18(2,3)8-15(23)21-26-17;1-4-12-7-13-6(10)14-8(15-7)16-9(2,3)5-11/h1,6-7H,5,8-10H2,2-3H3;4H2,1-3H3,(H2,12,13,14,15,16). The van der Waals surface area contributed by atoms with Crippen LogP contribution in [0.3, 0.4) is 0 Å². The molecule has 3 aromatic rings. The number of terminal acetylenes is 1. The monoisotopic (exact) mass is 612 g/mol. The number of aromatic nitrogens is 5. The number of carbonyl (C=O) groups excluding carboxylic acids is 1. The molecule has 15 heteroatoms. The van der Waals surface area contributed by atoms with E-state index in [0.29, 0.717) is 28.7 Å². The van der Waals surface area contributed by atoms with Crippen LogP contribution in [-0.2, 0) is 17.8 Å². The molecule has 1 aromatic carbocycles. The molecule has 0 fully saturated rings. The molecular weight excluding hydrogens is 583 g/mol. The number of halogens is 2. The second-order valence-corrected chi connectivity index (χ2v) is 11.9. The summed E-state index contributed by atoms with van der Waals surface area (Å²) in [6.45, 7) is 11.1. The molecule has 12 nitrogen and oxygen atoms in total. The Morgan fingerprint density at radius 1 is 1.31 bits per heavy atom. The number of benzene rings is 1. The minimum atomic E-state index is -0.756. The fourth-order valence-corrected chi connectivity index (χ4v) is 5.11. The Morgan fingerprint density at radius 3 is 2.74 bits per heavy atom. The predicted octanol–water partition coefficient (Wildman–Crippen LogP) is 3.93. The fourth-order valence-electron chi connectivity index (χ4n) is 4.20. The van der Waals surface area contributed by atoms with Gasteiger partial charge in [0.05, 0.1) is 18.3 Å². The first kappa shape index (κ1) is 30.7. The van der Waals surface area contributed by atoms with E-state index in [-0.39, 0.29) is 41.4 Å². The number of nitriles is 1. The number of amides is 1. The van der Waals surface area contributed by atoms with Gasteiger partial charge in [-0.3, -0.25) is 9.69 Å². The number of nitrogens with zero attached hydrogens (tertiary/aromatic N) is 8. The molecule has 220 valence electrons. The van der Waals surface area contributed by atoms with E-state index in [9.17, 15) is 9.18 Å². The van der Waals surface area contributed by atoms with Gasteiger partial charge in [0, 0.05) is 37.1 Å². The van der Waals surface area contributed by atoms with Crippen LogP contribution in [0.2, 0.25) is 5.28 Å². The first-order valence-electron chi connectivity index (χ1n) is 13.0. The molecule has 4 heterocycles. The minimum Gasteiger partial charge on any atom is -0.481 e. The Labute approximate surface area is 251 Å². The van der Waals surface area contributed by atoms with Crippen molar-refractivity contribution in [1.82, 2.24) is 23.9 Å². The molecular formula is C27H30ClFN10O2S. The maximum absolute atomic E-state index is 14.5. The number of hydrogen-bond acceptors (Lipinski definition) is 11. The van der Waals surface area contributed by atoms with Gasteiger partial charge in [0.25, 0.3) is 5.91 Å². The van der Waals surface area contributed by atoms with Crippen LogP contribution in [0.15, 0.2) is 17.1 Å². The molecule has 0 bridgehead atoms. The lowest BCUT2D eigenvalue weighted by atomic mass is 9.92. The van der Waals surface area contributed by atoms with Crippen molar-refractivity contribution in [2.75, 3.05) is 35.2 Å². The van der Waals surface area contributed by atoms with Crippen molar-refractivity contribution < 1.29 is 13.9 Å². The molecule has 5 rings (SSSR count). The Kier molecular flexibility index (Phi) is 8.99. The van der Waals surface area contributed by atoms with E-state index in [1.54, 1.807) is 13.8 Å². The van der Waals surface area contributed by atoms with E-state index in [1.807, 2.05) is 11.5 Å². The summed E-state index contributed by atoms with van der Waals surface area (Å²) in [4.78, 5) is 30.4. The molecule has 42 heavy (non-hydrogen) atoms. The summed E-state index contributed by atoms with van der Waals surface area (Å²) in [7, 11) is 0. The Bertz CT molecular complexity index is 1650. The highest BCUT2D eigenvalue weighted by Crippen LogP contribution is 2.37. The van der Waals surface area contributed by atoms with E-state index < -0.39 is 11.4 Å². The summed E-state index contributed by atoms with van der Waals surface area (Å²) < 4.78 is 26.3. The number of fused-ring (bicyclic) bond motifs is 2. The van der Waals surface area contributed by atoms with Crippen LogP contribution in [0.25, 0.3) is 0 Å². The molecule has 2 aliphatic heterocycles. The third-order valence-electron chi connectivity index (χ3n) is 6.08. The lowest BCUT2D eigenvalue weighted by molar-refractivity contribution is -0.121. The van der Waals surface area contributed by atoms with Crippen molar-refractivity contribution in [3.05, 3.63) is 33.9 Å². The first-order chi connectivity index (χ1) is 19.8. The van der Waals surface area contributed by atoms with Crippen molar-refractivity contribution >= 4 is 52.3 Å². The zero-order chi connectivity index (χ0) is 30.7. The van der Waals surface area contributed by atoms with Crippen LogP contribution in [-0.4, -0.2) is 55.0 Å². The topological polar surface area (TPSA) is 146 Å². The van der Waals surface area contributed by atoms with E-state index in [2.05, 4.69) is 60.8 Å². The zero-order valence-corrected chi connectivity index (χ0v) is 25.4. The average molecular weight is 613 g/mol. The minimum absolute atomic E-state index is 0.0854. The van der Waals surface area contributed by atoms with Gasteiger partial charge in [-0.2, -0.15) is 24.6 Å². The van der Waals surface area contributed by atoms with Crippen LogP contribution in [0.4, 0.5) is 27.7 Å². The van der Waals surface area contributed by atoms with Crippen LogP contribution in [0.1, 0.15) is 40.4 Å². The molecule has 0 aliphatic carbocycles. The highest BCUT2D eigenvalue weighted by molar-refractivity contribution is 7.02. The van der Waals surface area contributed by atoms with Crippen molar-refractivity contribution in [2.24, 2.45) is 10.4 Å². The maximum atomic E-state index is 14.5. The average Bonchev–Trinajstić information content (AvgIpc) is 3.41. The normalized spacial score (nSPS) is 15.4. The number of hydrogen-bond donors (Lipinski definition) is 2. The molecule has 2 aromatic heterocycles. The van der Waals surface area contributed by atoms with Gasteiger partial charge in [-0.1, -0.05) is 19.8 Å². The van der Waals surface area contributed by atoms with Gasteiger partial charge < -0.3 is 19.9 Å². The van der Waals surface area contributed by atoms with E-state index >= 15 is 0 Å². The Balaban J connectivity index is 0.000000219. The van der Waals surface area contributed by atoms with Crippen LogP contribution in [0, 0.1) is 34.9 Å². The van der Waals surface area contributed by atoms with E-state index in [0.717, 1.165) is 18.8 Å². The maximum Gasteiger partial charge on any atom is 0.265 e. The molecule has 0 saturated carbocycles. The first-order valence-corrected chi connectivity index (χ1v) is 14.1. The van der Waals surface area contributed by atoms with Crippen LogP contribution < -0.4 is 25.1 Å². The second kappa shape index (κ2) is 12.3. The molecule has 2 N–H and O–H groups in total. The lowest BCUT2D eigenvalue weighted by Crippen LogP contribution is -2.39. The van der Waals surface area contributed by atoms with Gasteiger partial charge in [0.15, 0.2) is 12.4 Å². The third kappa shape index (κ3) is 7.13. The molecule has 1 amide bonds. The largest absolute Gasteiger partial charge is 0.481 e. The number of anilines is 3. The van der Waals surface area contributed by atoms with Gasteiger partial charge in [-0.25, -0.2) is 9.38 Å². The summed E-state index contributed by atoms with van der Waals surface area (Å²) in [5.41, 5.74) is -0.0777. The van der Waals surface area contributed by atoms with Crippen molar-refractivity contribution in [3.8, 4) is 24.2 Å². The number of carbonyl (C=O) groups is 1. The molecule has 0 atom stereocenters. The number of rotatable bonds is 6. The van der Waals surface area contributed by atoms with Gasteiger partial charge >= 0.3 is 0 Å². The van der Waals surface area contributed by atoms with E-state index in [1.165, 1.54) is 28.6 Å². The molecule has 0 spiro atoms. The Morgan fingerprint density at radius 2 is 2.05 bits per heavy atom. The van der Waals surface area contributed by atoms with Crippen LogP contribution >= 0.6 is 23.1 Å². The zero-order valence-electron chi connectivity index (χ0n) is 23.8. The predicted molar refractivity (Wildman–Crippen MR) is 158 cm³/mol. The molecule has 2 aliphatic rings. The van der Waals surface area contributed by atoms with Gasteiger partial charge in [0.2, 0.25) is 22.0 Å². The molecule has 0 saturated heterocycles. The molecule has 0 radical (unpaired) electrons. The molecule has 0 unspecified atom stereocenters. The number of ether oxygens (including phenoxy) is 1. The third-order valence-corrected chi connectivity index (χ3v) is 7.03. The lowest BCUT2D eigenvalue weighted by Gasteiger charge is -2.28. The SMILES string of the molecule is C#CCN1C(=O)COc2cc(F)c(N=c3snc4n3CC(C)(C)C4)cc21.CCNc1nc(Cl)nc(NC(C)(C)C#N)n1. The highest BCUT2D eigenvalue weighted by Gasteiger charge is 2.31. The summed E-state index contributed by atoms with van der Waals surface area (Å²) in [6, 6.07) is 4.84. The fraction of sp³-hybridized carbons (Fsp3) is 0.444. The van der Waals surface area contributed by atoms with Crippen molar-refractivity contribution in [2.45, 2.75) is 53.1 Å². The van der Waals surface area contributed by atoms with E-state index in [4.69, 9.17) is 28.0 Å². The summed E-state index contributed by atoms with van der Waals surface area (Å²) in [5, 5.41) is 14.7. The van der Waals surface area contributed by atoms with Gasteiger partial charge in [0.1, 0.15) is 22.8 Å². The van der Waals surface area contributed by atoms with Gasteiger partial charge in [-0.05, 0) is 43.9 Å². The Hall–Kier alpha value is -4.27. The highest BCUT2D eigenvalue weighted by atomic mass is 35.5. The second-order valence-electron chi connectivity index (χ2n) is 10.8. The van der Waals surface area contributed by atoms with Crippen molar-refractivity contribution in [3.63, 3.8) is 0 Å². The summed E-state index contributed by atoms with van der Waals surface area (Å²) >= 11 is 6.97. The van der Waals surface area contributed by atoms with Crippen LogP contribution in [0.5, 0.6) is 5.75 Å².